The number of hydrogen-bond acceptors (Lipinski definition) is 7. The second-order valence-corrected chi connectivity index (χ2v) is 9.99. The number of halogens is 2. The molecule has 33 heavy (non-hydrogen) atoms. The van der Waals surface area contributed by atoms with Gasteiger partial charge in [-0.1, -0.05) is 35.3 Å². The summed E-state index contributed by atoms with van der Waals surface area (Å²) in [5.74, 6) is -0.351. The standard InChI is InChI=1S/C24H26Cl2N2O5/c1-24-10-13-16(20(28(2)27-13)11-5-7-12(25)8-6-11)21(29)18(24)22(30)17-14(31-3)9-15(32-4)19(26)23(17)33-24/h5-9,13,16,18,20-21,27,29H,10H2,1-4H3. The normalized spacial score (nSPS) is 33.1. The molecule has 5 rings (SSSR count). The first kappa shape index (κ1) is 22.7. The number of nitrogens with one attached hydrogen (secondary N) is 1. The number of fused-ring (bicyclic) bond motifs is 3. The molecule has 2 aliphatic heterocycles. The van der Waals surface area contributed by atoms with Gasteiger partial charge in [0.2, 0.25) is 0 Å². The van der Waals surface area contributed by atoms with Gasteiger partial charge in [0.25, 0.3) is 0 Å². The molecule has 0 amide bonds. The lowest BCUT2D eigenvalue weighted by atomic mass is 9.62. The second-order valence-electron chi connectivity index (χ2n) is 9.17. The van der Waals surface area contributed by atoms with Crippen molar-refractivity contribution >= 4 is 29.0 Å². The Hall–Kier alpha value is -2.03. The van der Waals surface area contributed by atoms with Gasteiger partial charge in [0.15, 0.2) is 11.5 Å². The highest BCUT2D eigenvalue weighted by atomic mass is 35.5. The third-order valence-electron chi connectivity index (χ3n) is 7.30. The summed E-state index contributed by atoms with van der Waals surface area (Å²) in [6.07, 6.45) is -0.451. The Morgan fingerprint density at radius 2 is 1.85 bits per heavy atom. The molecule has 1 aliphatic carbocycles. The predicted octanol–water partition coefficient (Wildman–Crippen LogP) is 3.90. The van der Waals surface area contributed by atoms with E-state index in [1.165, 1.54) is 14.2 Å². The van der Waals surface area contributed by atoms with Crippen molar-refractivity contribution in [2.45, 2.75) is 37.1 Å². The zero-order valence-electron chi connectivity index (χ0n) is 18.8. The van der Waals surface area contributed by atoms with Gasteiger partial charge in [-0.25, -0.2) is 5.01 Å². The third kappa shape index (κ3) is 3.33. The lowest BCUT2D eigenvalue weighted by Gasteiger charge is -2.51. The molecule has 1 saturated carbocycles. The number of carbonyl (C=O) groups excluding carboxylic acids is 1. The van der Waals surface area contributed by atoms with Crippen LogP contribution < -0.4 is 19.6 Å². The van der Waals surface area contributed by atoms with E-state index in [0.29, 0.717) is 22.9 Å². The van der Waals surface area contributed by atoms with Gasteiger partial charge in [-0.15, -0.1) is 0 Å². The van der Waals surface area contributed by atoms with Crippen LogP contribution in [-0.4, -0.2) is 54.9 Å². The van der Waals surface area contributed by atoms with Gasteiger partial charge in [0.05, 0.1) is 32.3 Å². The number of ether oxygens (including phenoxy) is 3. The molecular formula is C24H26Cl2N2O5. The first-order valence-corrected chi connectivity index (χ1v) is 11.6. The number of aliphatic hydroxyl groups is 1. The van der Waals surface area contributed by atoms with Crippen LogP contribution in [0.5, 0.6) is 17.2 Å². The number of Topliss-reactive ketones (excluding diaryl/α,β-unsaturated/α-hetero) is 1. The molecule has 3 aliphatic rings. The molecule has 1 saturated heterocycles. The Morgan fingerprint density at radius 1 is 1.18 bits per heavy atom. The monoisotopic (exact) mass is 492 g/mol. The number of benzene rings is 2. The van der Waals surface area contributed by atoms with Crippen LogP contribution in [0.3, 0.4) is 0 Å². The molecule has 176 valence electrons. The largest absolute Gasteiger partial charge is 0.496 e. The van der Waals surface area contributed by atoms with Crippen molar-refractivity contribution in [3.8, 4) is 17.2 Å². The summed E-state index contributed by atoms with van der Waals surface area (Å²) in [5.41, 5.74) is 3.76. The zero-order valence-corrected chi connectivity index (χ0v) is 20.3. The average Bonchev–Trinajstić information content (AvgIpc) is 3.10. The summed E-state index contributed by atoms with van der Waals surface area (Å²) in [5, 5.41) is 14.5. The lowest BCUT2D eigenvalue weighted by molar-refractivity contribution is -0.0980. The number of aliphatic hydroxyl groups excluding tert-OH is 1. The van der Waals surface area contributed by atoms with Crippen molar-refractivity contribution in [1.82, 2.24) is 10.4 Å². The van der Waals surface area contributed by atoms with E-state index < -0.39 is 17.6 Å². The van der Waals surface area contributed by atoms with Crippen LogP contribution in [0.2, 0.25) is 10.0 Å². The van der Waals surface area contributed by atoms with Gasteiger partial charge in [-0.3, -0.25) is 10.2 Å². The maximum atomic E-state index is 13.9. The van der Waals surface area contributed by atoms with E-state index >= 15 is 0 Å². The Balaban J connectivity index is 1.60. The number of ketones is 1. The highest BCUT2D eigenvalue weighted by molar-refractivity contribution is 6.34. The summed E-state index contributed by atoms with van der Waals surface area (Å²) in [6, 6.07) is 8.92. The zero-order chi connectivity index (χ0) is 23.7. The van der Waals surface area contributed by atoms with Crippen LogP contribution in [0.4, 0.5) is 0 Å². The van der Waals surface area contributed by atoms with Crippen molar-refractivity contribution < 1.29 is 24.1 Å². The van der Waals surface area contributed by atoms with E-state index in [-0.39, 0.29) is 40.1 Å². The maximum absolute atomic E-state index is 13.9. The van der Waals surface area contributed by atoms with Gasteiger partial charge in [0.1, 0.15) is 27.7 Å². The molecule has 2 N–H and O–H groups in total. The summed E-state index contributed by atoms with van der Waals surface area (Å²) in [6.45, 7) is 1.86. The molecule has 0 spiro atoms. The van der Waals surface area contributed by atoms with E-state index in [1.807, 2.05) is 43.2 Å². The fraction of sp³-hybridized carbons (Fsp3) is 0.458. The van der Waals surface area contributed by atoms with Gasteiger partial charge >= 0.3 is 0 Å². The molecule has 6 atom stereocenters. The smallest absolute Gasteiger partial charge is 0.180 e. The van der Waals surface area contributed by atoms with E-state index in [1.54, 1.807) is 6.07 Å². The highest BCUT2D eigenvalue weighted by Crippen LogP contribution is 2.56. The Morgan fingerprint density at radius 3 is 2.48 bits per heavy atom. The van der Waals surface area contributed by atoms with E-state index in [0.717, 1.165) is 5.56 Å². The predicted molar refractivity (Wildman–Crippen MR) is 124 cm³/mol. The number of rotatable bonds is 3. The maximum Gasteiger partial charge on any atom is 0.180 e. The number of hydrogen-bond donors (Lipinski definition) is 2. The molecule has 2 aromatic carbocycles. The summed E-state index contributed by atoms with van der Waals surface area (Å²) < 4.78 is 17.3. The number of methoxy groups -OCH3 is 2. The van der Waals surface area contributed by atoms with E-state index in [9.17, 15) is 9.90 Å². The molecule has 6 unspecified atom stereocenters. The van der Waals surface area contributed by atoms with Crippen LogP contribution in [0.25, 0.3) is 0 Å². The summed E-state index contributed by atoms with van der Waals surface area (Å²) in [4.78, 5) is 13.9. The average molecular weight is 493 g/mol. The van der Waals surface area contributed by atoms with Crippen LogP contribution in [0.1, 0.15) is 35.3 Å². The summed E-state index contributed by atoms with van der Waals surface area (Å²) >= 11 is 12.6. The van der Waals surface area contributed by atoms with E-state index in [2.05, 4.69) is 5.43 Å². The fourth-order valence-electron chi connectivity index (χ4n) is 5.92. The molecule has 0 bridgehead atoms. The molecule has 2 heterocycles. The molecule has 9 heteroatoms. The van der Waals surface area contributed by atoms with Gasteiger partial charge in [-0.2, -0.15) is 0 Å². The fourth-order valence-corrected chi connectivity index (χ4v) is 6.31. The van der Waals surface area contributed by atoms with E-state index in [4.69, 9.17) is 37.4 Å². The molecular weight excluding hydrogens is 467 g/mol. The molecule has 2 fully saturated rings. The second kappa shape index (κ2) is 8.03. The minimum atomic E-state index is -0.964. The van der Waals surface area contributed by atoms with Crippen LogP contribution in [0.15, 0.2) is 30.3 Å². The highest BCUT2D eigenvalue weighted by Gasteiger charge is 2.62. The van der Waals surface area contributed by atoms with Crippen molar-refractivity contribution in [2.24, 2.45) is 11.8 Å². The third-order valence-corrected chi connectivity index (χ3v) is 7.91. The Kier molecular flexibility index (Phi) is 5.53. The van der Waals surface area contributed by atoms with Crippen LogP contribution in [0, 0.1) is 11.8 Å². The first-order valence-electron chi connectivity index (χ1n) is 10.8. The first-order chi connectivity index (χ1) is 15.7. The Bertz CT molecular complexity index is 1110. The SMILES string of the molecule is COc1cc(OC)c2c(c1Cl)OC1(C)CC3NN(C)C(c4ccc(Cl)cc4)C3C(O)C1C2=O. The number of nitrogens with zero attached hydrogens (tertiary/aromatic N) is 1. The van der Waals surface area contributed by atoms with Gasteiger partial charge in [-0.05, 0) is 24.6 Å². The van der Waals surface area contributed by atoms with Gasteiger partial charge in [0, 0.05) is 36.5 Å². The van der Waals surface area contributed by atoms with Crippen LogP contribution in [-0.2, 0) is 0 Å². The Labute approximate surface area is 202 Å². The number of hydrazine groups is 1. The van der Waals surface area contributed by atoms with Gasteiger partial charge < -0.3 is 19.3 Å². The van der Waals surface area contributed by atoms with Crippen molar-refractivity contribution in [1.29, 1.82) is 0 Å². The molecule has 7 nitrogen and oxygen atoms in total. The quantitative estimate of drug-likeness (QED) is 0.672. The van der Waals surface area contributed by atoms with Crippen LogP contribution >= 0.6 is 23.2 Å². The van der Waals surface area contributed by atoms with Crippen molar-refractivity contribution in [3.05, 3.63) is 51.5 Å². The summed E-state index contributed by atoms with van der Waals surface area (Å²) in [7, 11) is 4.91. The van der Waals surface area contributed by atoms with Crippen molar-refractivity contribution in [3.63, 3.8) is 0 Å². The minimum absolute atomic E-state index is 0.104. The molecule has 0 radical (unpaired) electrons. The molecule has 2 aromatic rings. The minimum Gasteiger partial charge on any atom is -0.496 e. The number of carbonyl (C=O) groups is 1. The van der Waals surface area contributed by atoms with Crippen molar-refractivity contribution in [2.75, 3.05) is 21.3 Å². The lowest BCUT2D eigenvalue weighted by Crippen LogP contribution is -2.63. The topological polar surface area (TPSA) is 80.3 Å². The molecule has 0 aromatic heterocycles.